The summed E-state index contributed by atoms with van der Waals surface area (Å²) in [7, 11) is 0. The predicted molar refractivity (Wildman–Crippen MR) is 70.1 cm³/mol. The zero-order valence-corrected chi connectivity index (χ0v) is 11.2. The van der Waals surface area contributed by atoms with E-state index in [1.165, 1.54) is 25.7 Å². The van der Waals surface area contributed by atoms with Crippen LogP contribution in [0.5, 0.6) is 0 Å². The summed E-state index contributed by atoms with van der Waals surface area (Å²) >= 11 is 0. The van der Waals surface area contributed by atoms with Crippen LogP contribution in [0.15, 0.2) is 0 Å². The molecule has 1 heterocycles. The van der Waals surface area contributed by atoms with Crippen LogP contribution in [0, 0.1) is 11.8 Å². The molecule has 0 spiro atoms. The molecule has 102 valence electrons. The Morgan fingerprint density at radius 3 is 2.17 bits per heavy atom. The lowest BCUT2D eigenvalue weighted by atomic mass is 9.82. The molecule has 0 bridgehead atoms. The lowest BCUT2D eigenvalue weighted by Crippen LogP contribution is -2.37. The van der Waals surface area contributed by atoms with Gasteiger partial charge < -0.3 is 10.0 Å². The van der Waals surface area contributed by atoms with Gasteiger partial charge in [0.15, 0.2) is 0 Å². The monoisotopic (exact) mass is 251 g/mol. The van der Waals surface area contributed by atoms with Gasteiger partial charge in [-0.1, -0.05) is 25.7 Å². The molecule has 3 rings (SSSR count). The lowest BCUT2D eigenvalue weighted by Gasteiger charge is -2.25. The molecule has 1 amide bonds. The van der Waals surface area contributed by atoms with Gasteiger partial charge in [-0.2, -0.15) is 0 Å². The highest BCUT2D eigenvalue weighted by Gasteiger charge is 2.40. The number of nitrogens with zero attached hydrogens (tertiary/aromatic N) is 1. The van der Waals surface area contributed by atoms with E-state index in [-0.39, 0.29) is 5.91 Å². The number of aliphatic hydroxyl groups is 1. The Balaban J connectivity index is 1.57. The summed E-state index contributed by atoms with van der Waals surface area (Å²) in [4.78, 5) is 14.4. The van der Waals surface area contributed by atoms with E-state index in [0.717, 1.165) is 50.6 Å². The van der Waals surface area contributed by atoms with Gasteiger partial charge in [0.2, 0.25) is 5.91 Å². The van der Waals surface area contributed by atoms with Crippen molar-refractivity contribution in [2.45, 2.75) is 63.4 Å². The van der Waals surface area contributed by atoms with Gasteiger partial charge in [-0.3, -0.25) is 4.79 Å². The minimum absolute atomic E-state index is 0.203. The number of hydrogen-bond acceptors (Lipinski definition) is 2. The SMILES string of the molecule is O=C(CC1(O)CCCC1)N1CC2CCCCC2C1. The number of hydrogen-bond donors (Lipinski definition) is 1. The molecular weight excluding hydrogens is 226 g/mol. The van der Waals surface area contributed by atoms with Crippen LogP contribution in [0.4, 0.5) is 0 Å². The maximum atomic E-state index is 12.3. The number of likely N-dealkylation sites (tertiary alicyclic amines) is 1. The van der Waals surface area contributed by atoms with Crippen molar-refractivity contribution in [3.05, 3.63) is 0 Å². The van der Waals surface area contributed by atoms with Gasteiger partial charge in [0.25, 0.3) is 0 Å². The first-order chi connectivity index (χ1) is 8.66. The van der Waals surface area contributed by atoms with E-state index in [1.807, 2.05) is 4.90 Å². The Morgan fingerprint density at radius 1 is 1.06 bits per heavy atom. The third-order valence-electron chi connectivity index (χ3n) is 5.34. The van der Waals surface area contributed by atoms with Gasteiger partial charge in [0, 0.05) is 13.1 Å². The molecule has 1 saturated heterocycles. The van der Waals surface area contributed by atoms with E-state index in [1.54, 1.807) is 0 Å². The second-order valence-corrected chi connectivity index (χ2v) is 6.71. The lowest BCUT2D eigenvalue weighted by molar-refractivity contribution is -0.135. The van der Waals surface area contributed by atoms with Crippen LogP contribution in [0.2, 0.25) is 0 Å². The van der Waals surface area contributed by atoms with E-state index in [4.69, 9.17) is 0 Å². The zero-order chi connectivity index (χ0) is 12.6. The average molecular weight is 251 g/mol. The Hall–Kier alpha value is -0.570. The number of rotatable bonds is 2. The first kappa shape index (κ1) is 12.5. The van der Waals surface area contributed by atoms with Crippen LogP contribution in [0.1, 0.15) is 57.8 Å². The van der Waals surface area contributed by atoms with Crippen molar-refractivity contribution in [2.75, 3.05) is 13.1 Å². The quantitative estimate of drug-likeness (QED) is 0.818. The van der Waals surface area contributed by atoms with Crippen molar-refractivity contribution in [1.29, 1.82) is 0 Å². The summed E-state index contributed by atoms with van der Waals surface area (Å²) in [6.07, 6.45) is 9.45. The molecule has 3 heteroatoms. The van der Waals surface area contributed by atoms with Gasteiger partial charge in [0.05, 0.1) is 12.0 Å². The van der Waals surface area contributed by atoms with E-state index < -0.39 is 5.60 Å². The van der Waals surface area contributed by atoms with Crippen molar-refractivity contribution in [3.63, 3.8) is 0 Å². The summed E-state index contributed by atoms with van der Waals surface area (Å²) in [6, 6.07) is 0. The molecule has 1 N–H and O–H groups in total. The van der Waals surface area contributed by atoms with E-state index in [2.05, 4.69) is 0 Å². The molecule has 2 aliphatic carbocycles. The molecule has 0 aromatic carbocycles. The molecule has 1 aliphatic heterocycles. The van der Waals surface area contributed by atoms with Crippen LogP contribution in [0.3, 0.4) is 0 Å². The fraction of sp³-hybridized carbons (Fsp3) is 0.933. The third kappa shape index (κ3) is 2.42. The molecule has 0 aromatic heterocycles. The van der Waals surface area contributed by atoms with Crippen LogP contribution >= 0.6 is 0 Å². The minimum atomic E-state index is -0.676. The molecule has 2 atom stereocenters. The average Bonchev–Trinajstić information content (AvgIpc) is 2.95. The summed E-state index contributed by atoms with van der Waals surface area (Å²) in [5.41, 5.74) is -0.676. The van der Waals surface area contributed by atoms with E-state index >= 15 is 0 Å². The van der Waals surface area contributed by atoms with Crippen molar-refractivity contribution in [2.24, 2.45) is 11.8 Å². The molecule has 2 unspecified atom stereocenters. The number of carbonyl (C=O) groups is 1. The van der Waals surface area contributed by atoms with Crippen molar-refractivity contribution in [1.82, 2.24) is 4.90 Å². The zero-order valence-electron chi connectivity index (χ0n) is 11.2. The number of carbonyl (C=O) groups excluding carboxylic acids is 1. The third-order valence-corrected chi connectivity index (χ3v) is 5.34. The topological polar surface area (TPSA) is 40.5 Å². The van der Waals surface area contributed by atoms with Gasteiger partial charge in [-0.15, -0.1) is 0 Å². The molecule has 2 saturated carbocycles. The molecule has 3 fully saturated rings. The molecular formula is C15H25NO2. The maximum absolute atomic E-state index is 12.3. The van der Waals surface area contributed by atoms with Crippen molar-refractivity contribution >= 4 is 5.91 Å². The normalized spacial score (nSPS) is 34.6. The largest absolute Gasteiger partial charge is 0.389 e. The fourth-order valence-electron chi connectivity index (χ4n) is 4.21. The molecule has 3 nitrogen and oxygen atoms in total. The second kappa shape index (κ2) is 4.84. The maximum Gasteiger partial charge on any atom is 0.225 e. The highest BCUT2D eigenvalue weighted by Crippen LogP contribution is 2.38. The molecule has 0 aromatic rings. The standard InChI is InChI=1S/C15H25NO2/c17-14(9-15(18)7-3-4-8-15)16-10-12-5-1-2-6-13(12)11-16/h12-13,18H,1-11H2. The fourth-order valence-corrected chi connectivity index (χ4v) is 4.21. The first-order valence-corrected chi connectivity index (χ1v) is 7.66. The summed E-state index contributed by atoms with van der Waals surface area (Å²) in [5.74, 6) is 1.70. The van der Waals surface area contributed by atoms with Gasteiger partial charge >= 0.3 is 0 Å². The Bertz CT molecular complexity index is 308. The van der Waals surface area contributed by atoms with Crippen LogP contribution in [-0.4, -0.2) is 34.6 Å². The number of amides is 1. The highest BCUT2D eigenvalue weighted by atomic mass is 16.3. The number of fused-ring (bicyclic) bond motifs is 1. The molecule has 18 heavy (non-hydrogen) atoms. The van der Waals surface area contributed by atoms with E-state index in [0.29, 0.717) is 6.42 Å². The van der Waals surface area contributed by atoms with Gasteiger partial charge in [0.1, 0.15) is 0 Å². The van der Waals surface area contributed by atoms with Crippen LogP contribution < -0.4 is 0 Å². The van der Waals surface area contributed by atoms with Crippen molar-refractivity contribution in [3.8, 4) is 0 Å². The predicted octanol–water partition coefficient (Wildman–Crippen LogP) is 2.33. The van der Waals surface area contributed by atoms with Crippen LogP contribution in [-0.2, 0) is 4.79 Å². The van der Waals surface area contributed by atoms with Gasteiger partial charge in [-0.25, -0.2) is 0 Å². The second-order valence-electron chi connectivity index (χ2n) is 6.71. The minimum Gasteiger partial charge on any atom is -0.389 e. The summed E-state index contributed by atoms with van der Waals surface area (Å²) in [6.45, 7) is 1.92. The summed E-state index contributed by atoms with van der Waals surface area (Å²) in [5, 5.41) is 10.3. The Labute approximate surface area is 110 Å². The van der Waals surface area contributed by atoms with Crippen molar-refractivity contribution < 1.29 is 9.90 Å². The smallest absolute Gasteiger partial charge is 0.225 e. The first-order valence-electron chi connectivity index (χ1n) is 7.66. The van der Waals surface area contributed by atoms with Gasteiger partial charge in [-0.05, 0) is 37.5 Å². The molecule has 0 radical (unpaired) electrons. The summed E-state index contributed by atoms with van der Waals surface area (Å²) < 4.78 is 0. The van der Waals surface area contributed by atoms with E-state index in [9.17, 15) is 9.90 Å². The Morgan fingerprint density at radius 2 is 1.61 bits per heavy atom. The highest BCUT2D eigenvalue weighted by molar-refractivity contribution is 5.77. The Kier molecular flexibility index (Phi) is 3.35. The van der Waals surface area contributed by atoms with Crippen LogP contribution in [0.25, 0.3) is 0 Å². The molecule has 3 aliphatic rings.